The molecule has 2 N–H and O–H groups in total. The fourth-order valence-electron chi connectivity index (χ4n) is 4.49. The van der Waals surface area contributed by atoms with Gasteiger partial charge in [0.2, 0.25) is 5.91 Å². The molecule has 0 aliphatic heterocycles. The van der Waals surface area contributed by atoms with Crippen LogP contribution in [0.5, 0.6) is 0 Å². The van der Waals surface area contributed by atoms with Crippen molar-refractivity contribution < 1.29 is 22.7 Å². The smallest absolute Gasteiger partial charge is 0.382 e. The summed E-state index contributed by atoms with van der Waals surface area (Å²) in [6.45, 7) is 6.08. The second kappa shape index (κ2) is 16.6. The molecule has 0 unspecified atom stereocenters. The average Bonchev–Trinajstić information content (AvgIpc) is 3.42. The van der Waals surface area contributed by atoms with Crippen molar-refractivity contribution in [1.82, 2.24) is 25.1 Å². The van der Waals surface area contributed by atoms with E-state index < -0.39 is 11.7 Å². The number of imidazole rings is 1. The summed E-state index contributed by atoms with van der Waals surface area (Å²) in [5.74, 6) is -0.236. The van der Waals surface area contributed by atoms with E-state index >= 15 is 0 Å². The normalized spacial score (nSPS) is 11.9. The molecule has 3 rings (SSSR count). The van der Waals surface area contributed by atoms with Gasteiger partial charge in [0.05, 0.1) is 29.9 Å². The van der Waals surface area contributed by atoms with Gasteiger partial charge in [0, 0.05) is 57.3 Å². The molecule has 1 heterocycles. The highest BCUT2D eigenvalue weighted by Crippen LogP contribution is 2.32. The van der Waals surface area contributed by atoms with Gasteiger partial charge >= 0.3 is 6.18 Å². The topological polar surface area (TPSA) is 95.2 Å². The van der Waals surface area contributed by atoms with Gasteiger partial charge in [0.15, 0.2) is 5.11 Å². The number of hydrogen-bond donors (Lipinski definition) is 2. The van der Waals surface area contributed by atoms with Crippen LogP contribution in [0.15, 0.2) is 61.1 Å². The Morgan fingerprint density at radius 3 is 2.60 bits per heavy atom. The second-order valence-electron chi connectivity index (χ2n) is 9.99. The lowest BCUT2D eigenvalue weighted by molar-refractivity contribution is -0.138. The van der Waals surface area contributed by atoms with E-state index in [0.717, 1.165) is 11.6 Å². The monoisotopic (exact) mass is 614 g/mol. The fourth-order valence-corrected chi connectivity index (χ4v) is 4.73. The van der Waals surface area contributed by atoms with Crippen LogP contribution in [0, 0.1) is 11.3 Å². The molecule has 2 aromatic carbocycles. The first-order chi connectivity index (χ1) is 20.6. The first-order valence-electron chi connectivity index (χ1n) is 14.2. The van der Waals surface area contributed by atoms with E-state index in [9.17, 15) is 18.0 Å². The first-order valence-corrected chi connectivity index (χ1v) is 14.6. The van der Waals surface area contributed by atoms with E-state index in [2.05, 4.69) is 21.7 Å². The molecule has 0 bridgehead atoms. The van der Waals surface area contributed by atoms with Gasteiger partial charge in [-0.05, 0) is 61.3 Å². The summed E-state index contributed by atoms with van der Waals surface area (Å²) >= 11 is 5.61. The van der Waals surface area contributed by atoms with Gasteiger partial charge in [-0.1, -0.05) is 37.3 Å². The number of rotatable bonds is 15. The van der Waals surface area contributed by atoms with Crippen molar-refractivity contribution >= 4 is 23.2 Å². The number of halogens is 3. The van der Waals surface area contributed by atoms with E-state index in [4.69, 9.17) is 22.2 Å². The van der Waals surface area contributed by atoms with Crippen molar-refractivity contribution in [2.75, 3.05) is 26.3 Å². The largest absolute Gasteiger partial charge is 0.416 e. The summed E-state index contributed by atoms with van der Waals surface area (Å²) in [7, 11) is 0. The first kappa shape index (κ1) is 33.6. The Morgan fingerprint density at radius 1 is 1.19 bits per heavy atom. The molecule has 230 valence electrons. The number of thiocarbonyl (C=S) groups is 1. The van der Waals surface area contributed by atoms with E-state index in [1.165, 1.54) is 12.1 Å². The molecule has 0 fully saturated rings. The van der Waals surface area contributed by atoms with Crippen LogP contribution in [0.4, 0.5) is 13.2 Å². The molecule has 12 heteroatoms. The number of benzene rings is 2. The summed E-state index contributed by atoms with van der Waals surface area (Å²) in [4.78, 5) is 19.0. The van der Waals surface area contributed by atoms with Crippen LogP contribution in [0.25, 0.3) is 0 Å². The molecule has 1 amide bonds. The van der Waals surface area contributed by atoms with Crippen LogP contribution in [-0.4, -0.2) is 57.8 Å². The van der Waals surface area contributed by atoms with E-state index in [0.29, 0.717) is 55.5 Å². The number of amides is 1. The number of carbonyl (C=O) groups excluding carboxylic acids is 1. The van der Waals surface area contributed by atoms with Gasteiger partial charge in [-0.3, -0.25) is 4.79 Å². The SMILES string of the molecule is CCOCCCNC(=S)N(Cc1ccccc1C(F)(F)F)C[C@H](CC)NC(=O)Cc1cncn1Cc1ccc(C#N)cc1. The second-order valence-corrected chi connectivity index (χ2v) is 10.4. The maximum atomic E-state index is 13.7. The lowest BCUT2D eigenvalue weighted by Gasteiger charge is -2.31. The summed E-state index contributed by atoms with van der Waals surface area (Å²) in [5, 5.41) is 15.5. The van der Waals surface area contributed by atoms with E-state index in [1.54, 1.807) is 35.6 Å². The zero-order valence-corrected chi connectivity index (χ0v) is 25.2. The third kappa shape index (κ3) is 10.7. The Bertz CT molecular complexity index is 1370. The Kier molecular flexibility index (Phi) is 13.0. The maximum absolute atomic E-state index is 13.7. The van der Waals surface area contributed by atoms with Crippen LogP contribution >= 0.6 is 12.2 Å². The average molecular weight is 615 g/mol. The van der Waals surface area contributed by atoms with Crippen molar-refractivity contribution in [3.05, 3.63) is 89.0 Å². The van der Waals surface area contributed by atoms with Crippen molar-refractivity contribution in [2.24, 2.45) is 0 Å². The Labute approximate surface area is 255 Å². The summed E-state index contributed by atoms with van der Waals surface area (Å²) in [5.41, 5.74) is 1.62. The van der Waals surface area contributed by atoms with Gasteiger partial charge < -0.3 is 24.8 Å². The summed E-state index contributed by atoms with van der Waals surface area (Å²) in [6.07, 6.45) is 0.0722. The number of nitriles is 1. The molecular formula is C31H37F3N6O2S. The van der Waals surface area contributed by atoms with Gasteiger partial charge in [0.1, 0.15) is 0 Å². The quantitative estimate of drug-likeness (QED) is 0.183. The number of aromatic nitrogens is 2. The molecule has 1 atom stereocenters. The van der Waals surface area contributed by atoms with Crippen LogP contribution < -0.4 is 10.6 Å². The number of hydrogen-bond acceptors (Lipinski definition) is 5. The van der Waals surface area contributed by atoms with Gasteiger partial charge in [-0.15, -0.1) is 0 Å². The molecular weight excluding hydrogens is 577 g/mol. The number of alkyl halides is 3. The standard InChI is InChI=1S/C31H37F3N6O2S/c1-3-26(38-29(41)16-27-18-36-22-40(27)19-24-12-10-23(17-35)11-13-24)21-39(30(43)37-14-7-15-42-4-2)20-25-8-5-6-9-28(25)31(32,33)34/h5-6,8-13,18,22,26H,3-4,7,14-16,19-21H2,1-2H3,(H,37,43)(H,38,41)/t26-/m0/s1. The number of nitrogens with one attached hydrogen (secondary N) is 2. The minimum absolute atomic E-state index is 0.0727. The molecule has 3 aromatic rings. The van der Waals surface area contributed by atoms with Gasteiger partial charge in [0.25, 0.3) is 0 Å². The van der Waals surface area contributed by atoms with Crippen molar-refractivity contribution in [3.8, 4) is 6.07 Å². The van der Waals surface area contributed by atoms with Crippen molar-refractivity contribution in [3.63, 3.8) is 0 Å². The summed E-state index contributed by atoms with van der Waals surface area (Å²) in [6, 6.07) is 14.3. The van der Waals surface area contributed by atoms with E-state index in [-0.39, 0.29) is 37.0 Å². The maximum Gasteiger partial charge on any atom is 0.416 e. The lowest BCUT2D eigenvalue weighted by atomic mass is 10.1. The van der Waals surface area contributed by atoms with Crippen LogP contribution in [0.3, 0.4) is 0 Å². The minimum atomic E-state index is -4.51. The molecule has 0 aliphatic rings. The fraction of sp³-hybridized carbons (Fsp3) is 0.419. The molecule has 43 heavy (non-hydrogen) atoms. The molecule has 0 saturated heterocycles. The van der Waals surface area contributed by atoms with Gasteiger partial charge in [-0.25, -0.2) is 4.98 Å². The third-order valence-corrected chi connectivity index (χ3v) is 7.19. The highest BCUT2D eigenvalue weighted by Gasteiger charge is 2.33. The van der Waals surface area contributed by atoms with Crippen LogP contribution in [0.2, 0.25) is 0 Å². The third-order valence-electron chi connectivity index (χ3n) is 6.79. The molecule has 1 aromatic heterocycles. The Morgan fingerprint density at radius 2 is 1.93 bits per heavy atom. The van der Waals surface area contributed by atoms with Crippen molar-refractivity contribution in [2.45, 2.75) is 58.4 Å². The molecule has 0 saturated carbocycles. The molecule has 0 spiro atoms. The number of carbonyl (C=O) groups is 1. The van der Waals surface area contributed by atoms with Crippen molar-refractivity contribution in [1.29, 1.82) is 5.26 Å². The van der Waals surface area contributed by atoms with Gasteiger partial charge in [-0.2, -0.15) is 18.4 Å². The Hall–Kier alpha value is -3.95. The molecule has 8 nitrogen and oxygen atoms in total. The zero-order valence-electron chi connectivity index (χ0n) is 24.4. The molecule has 0 aliphatic carbocycles. The van der Waals surface area contributed by atoms with E-state index in [1.807, 2.05) is 30.5 Å². The number of ether oxygens (including phenoxy) is 1. The summed E-state index contributed by atoms with van der Waals surface area (Å²) < 4.78 is 48.5. The predicted molar refractivity (Wildman–Crippen MR) is 162 cm³/mol. The predicted octanol–water partition coefficient (Wildman–Crippen LogP) is 5.06. The minimum Gasteiger partial charge on any atom is -0.382 e. The Balaban J connectivity index is 1.69. The lowest BCUT2D eigenvalue weighted by Crippen LogP contribution is -2.49. The van der Waals surface area contributed by atoms with Crippen LogP contribution in [-0.2, 0) is 35.2 Å². The highest BCUT2D eigenvalue weighted by atomic mass is 32.1. The highest BCUT2D eigenvalue weighted by molar-refractivity contribution is 7.80. The zero-order chi connectivity index (χ0) is 31.2. The van der Waals surface area contributed by atoms with Crippen LogP contribution in [0.1, 0.15) is 54.6 Å². The number of nitrogens with zero attached hydrogens (tertiary/aromatic N) is 4. The molecule has 0 radical (unpaired) electrons.